The number of amides is 1. The van der Waals surface area contributed by atoms with Crippen molar-refractivity contribution in [3.63, 3.8) is 0 Å². The van der Waals surface area contributed by atoms with Gasteiger partial charge in [-0.1, -0.05) is 13.8 Å². The largest absolute Gasteiger partial charge is 0.484 e. The van der Waals surface area contributed by atoms with Crippen LogP contribution in [0.2, 0.25) is 0 Å². The molecule has 25 heavy (non-hydrogen) atoms. The van der Waals surface area contributed by atoms with Crippen molar-refractivity contribution in [1.82, 2.24) is 5.32 Å². The summed E-state index contributed by atoms with van der Waals surface area (Å²) in [5, 5.41) is 2.49. The summed E-state index contributed by atoms with van der Waals surface area (Å²) in [7, 11) is 0. The van der Waals surface area contributed by atoms with Crippen LogP contribution in [0.1, 0.15) is 26.3 Å². The zero-order valence-corrected chi connectivity index (χ0v) is 13.9. The van der Waals surface area contributed by atoms with Crippen LogP contribution in [-0.2, 0) is 11.0 Å². The summed E-state index contributed by atoms with van der Waals surface area (Å²) in [6, 6.07) is 3.95. The Morgan fingerprint density at radius 1 is 1.24 bits per heavy atom. The fourth-order valence-corrected chi connectivity index (χ4v) is 2.08. The van der Waals surface area contributed by atoms with Gasteiger partial charge in [0.2, 0.25) is 0 Å². The second-order valence-corrected chi connectivity index (χ2v) is 6.02. The molecule has 0 fully saturated rings. The molecule has 0 spiro atoms. The van der Waals surface area contributed by atoms with E-state index in [2.05, 4.69) is 5.32 Å². The summed E-state index contributed by atoms with van der Waals surface area (Å²) in [4.78, 5) is 23.1. The summed E-state index contributed by atoms with van der Waals surface area (Å²) in [6.07, 6.45) is -4.68. The molecule has 8 heteroatoms. The Kier molecular flexibility index (Phi) is 5.39. The molecule has 0 aliphatic rings. The minimum absolute atomic E-state index is 0.0416. The van der Waals surface area contributed by atoms with Crippen molar-refractivity contribution in [2.24, 2.45) is 5.92 Å². The maximum absolute atomic E-state index is 13.0. The second kappa shape index (κ2) is 7.16. The highest BCUT2D eigenvalue weighted by Crippen LogP contribution is 2.34. The van der Waals surface area contributed by atoms with E-state index >= 15 is 0 Å². The molecular weight excluding hydrogens is 339 g/mol. The summed E-state index contributed by atoms with van der Waals surface area (Å²) >= 11 is 0. The number of fused-ring (bicyclic) bond motifs is 1. The number of benzene rings is 1. The number of hydrogen-bond acceptors (Lipinski definition) is 4. The molecule has 0 radical (unpaired) electrons. The Bertz CT molecular complexity index is 827. The number of ether oxygens (including phenoxy) is 1. The number of rotatable bonds is 5. The van der Waals surface area contributed by atoms with Gasteiger partial charge in [0.05, 0.1) is 5.56 Å². The maximum Gasteiger partial charge on any atom is 0.417 e. The molecule has 0 bridgehead atoms. The standard InChI is InChI=1S/C17H18F3NO4/c1-9(2)10(3)21-15(22)8-24-11-4-5-12-13(17(18,19)20)7-16(23)25-14(12)6-11/h4-7,9-10H,8H2,1-3H3,(H,21,22)/t10-/m1/s1. The predicted octanol–water partition coefficient (Wildman–Crippen LogP) is 3.35. The molecule has 1 aromatic carbocycles. The minimum atomic E-state index is -4.68. The average Bonchev–Trinajstić information content (AvgIpc) is 2.50. The number of carbonyl (C=O) groups excluding carboxylic acids is 1. The first-order valence-corrected chi connectivity index (χ1v) is 7.65. The van der Waals surface area contributed by atoms with E-state index in [1.54, 1.807) is 0 Å². The third-order valence-corrected chi connectivity index (χ3v) is 3.78. The van der Waals surface area contributed by atoms with Crippen LogP contribution in [0.5, 0.6) is 5.75 Å². The van der Waals surface area contributed by atoms with Gasteiger partial charge in [-0.15, -0.1) is 0 Å². The van der Waals surface area contributed by atoms with Crippen molar-refractivity contribution >= 4 is 16.9 Å². The molecular formula is C17H18F3NO4. The second-order valence-electron chi connectivity index (χ2n) is 6.02. The van der Waals surface area contributed by atoms with Crippen LogP contribution in [0.3, 0.4) is 0 Å². The van der Waals surface area contributed by atoms with E-state index < -0.39 is 17.4 Å². The molecule has 0 aliphatic heterocycles. The van der Waals surface area contributed by atoms with Crippen molar-refractivity contribution in [2.45, 2.75) is 33.0 Å². The molecule has 1 heterocycles. The van der Waals surface area contributed by atoms with Gasteiger partial charge in [-0.05, 0) is 25.0 Å². The Morgan fingerprint density at radius 3 is 2.52 bits per heavy atom. The molecule has 136 valence electrons. The first kappa shape index (κ1) is 18.8. The monoisotopic (exact) mass is 357 g/mol. The molecule has 0 saturated heterocycles. The van der Waals surface area contributed by atoms with E-state index in [9.17, 15) is 22.8 Å². The highest BCUT2D eigenvalue weighted by atomic mass is 19.4. The summed E-state index contributed by atoms with van der Waals surface area (Å²) in [5.41, 5.74) is -2.44. The van der Waals surface area contributed by atoms with Crippen LogP contribution in [0.15, 0.2) is 33.5 Å². The third-order valence-electron chi connectivity index (χ3n) is 3.78. The predicted molar refractivity (Wildman–Crippen MR) is 85.4 cm³/mol. The van der Waals surface area contributed by atoms with E-state index in [0.29, 0.717) is 6.07 Å². The third kappa shape index (κ3) is 4.74. The van der Waals surface area contributed by atoms with Crippen LogP contribution in [0, 0.1) is 5.92 Å². The Hall–Kier alpha value is -2.51. The fourth-order valence-electron chi connectivity index (χ4n) is 2.08. The fraction of sp³-hybridized carbons (Fsp3) is 0.412. The molecule has 2 aromatic rings. The normalized spacial score (nSPS) is 13.1. The SMILES string of the molecule is CC(C)[C@@H](C)NC(=O)COc1ccc2c(C(F)(F)F)cc(=O)oc2c1. The van der Waals surface area contributed by atoms with E-state index in [4.69, 9.17) is 9.15 Å². The highest BCUT2D eigenvalue weighted by Gasteiger charge is 2.33. The topological polar surface area (TPSA) is 68.5 Å². The summed E-state index contributed by atoms with van der Waals surface area (Å²) in [6.45, 7) is 5.46. The van der Waals surface area contributed by atoms with Crippen molar-refractivity contribution in [1.29, 1.82) is 0 Å². The van der Waals surface area contributed by atoms with E-state index in [1.165, 1.54) is 6.07 Å². The summed E-state index contributed by atoms with van der Waals surface area (Å²) < 4.78 is 49.0. The lowest BCUT2D eigenvalue weighted by atomic mass is 10.1. The molecule has 2 rings (SSSR count). The number of carbonyl (C=O) groups is 1. The Morgan fingerprint density at radius 2 is 1.92 bits per heavy atom. The van der Waals surface area contributed by atoms with Gasteiger partial charge in [0.15, 0.2) is 6.61 Å². The van der Waals surface area contributed by atoms with Gasteiger partial charge in [0.1, 0.15) is 11.3 Å². The number of nitrogens with one attached hydrogen (secondary N) is 1. The number of halogens is 3. The minimum Gasteiger partial charge on any atom is -0.484 e. The number of hydrogen-bond donors (Lipinski definition) is 1. The van der Waals surface area contributed by atoms with Gasteiger partial charge in [0, 0.05) is 23.6 Å². The lowest BCUT2D eigenvalue weighted by Crippen LogP contribution is -2.38. The molecule has 1 N–H and O–H groups in total. The first-order chi connectivity index (χ1) is 11.6. The quantitative estimate of drug-likeness (QED) is 0.834. The first-order valence-electron chi connectivity index (χ1n) is 7.65. The Balaban J connectivity index is 2.19. The van der Waals surface area contributed by atoms with E-state index in [-0.39, 0.29) is 41.2 Å². The van der Waals surface area contributed by atoms with Gasteiger partial charge in [-0.3, -0.25) is 4.79 Å². The lowest BCUT2D eigenvalue weighted by molar-refractivity contribution is -0.136. The molecule has 0 unspecified atom stereocenters. The molecule has 5 nitrogen and oxygen atoms in total. The van der Waals surface area contributed by atoms with Gasteiger partial charge in [-0.25, -0.2) is 4.79 Å². The highest BCUT2D eigenvalue weighted by molar-refractivity contribution is 5.82. The zero-order valence-electron chi connectivity index (χ0n) is 13.9. The van der Waals surface area contributed by atoms with E-state index in [1.807, 2.05) is 20.8 Å². The molecule has 0 aliphatic carbocycles. The van der Waals surface area contributed by atoms with Crippen molar-refractivity contribution in [3.05, 3.63) is 40.2 Å². The van der Waals surface area contributed by atoms with Gasteiger partial charge in [-0.2, -0.15) is 13.2 Å². The van der Waals surface area contributed by atoms with Crippen LogP contribution < -0.4 is 15.7 Å². The van der Waals surface area contributed by atoms with Crippen molar-refractivity contribution < 1.29 is 27.1 Å². The lowest BCUT2D eigenvalue weighted by Gasteiger charge is -2.17. The Labute approximate surface area is 141 Å². The van der Waals surface area contributed by atoms with Crippen molar-refractivity contribution in [2.75, 3.05) is 6.61 Å². The zero-order chi connectivity index (χ0) is 18.8. The maximum atomic E-state index is 13.0. The molecule has 0 saturated carbocycles. The van der Waals surface area contributed by atoms with Crippen LogP contribution >= 0.6 is 0 Å². The van der Waals surface area contributed by atoms with Crippen LogP contribution in [0.4, 0.5) is 13.2 Å². The van der Waals surface area contributed by atoms with Crippen LogP contribution in [-0.4, -0.2) is 18.6 Å². The van der Waals surface area contributed by atoms with Crippen LogP contribution in [0.25, 0.3) is 11.0 Å². The molecule has 1 amide bonds. The number of alkyl halides is 3. The van der Waals surface area contributed by atoms with Crippen molar-refractivity contribution in [3.8, 4) is 5.75 Å². The van der Waals surface area contributed by atoms with Gasteiger partial charge < -0.3 is 14.5 Å². The smallest absolute Gasteiger partial charge is 0.417 e. The molecule has 1 atom stereocenters. The van der Waals surface area contributed by atoms with Gasteiger partial charge >= 0.3 is 11.8 Å². The van der Waals surface area contributed by atoms with Gasteiger partial charge in [0.25, 0.3) is 5.91 Å². The summed E-state index contributed by atoms with van der Waals surface area (Å²) in [5.74, 6) is 0.0220. The van der Waals surface area contributed by atoms with E-state index in [0.717, 1.165) is 12.1 Å². The molecule has 1 aromatic heterocycles. The average molecular weight is 357 g/mol.